The molecule has 2 aromatic rings. The Labute approximate surface area is 80.3 Å². The van der Waals surface area contributed by atoms with Crippen LogP contribution in [-0.2, 0) is 0 Å². The number of nitrogens with zero attached hydrogens (tertiary/aromatic N) is 2. The summed E-state index contributed by atoms with van der Waals surface area (Å²) in [6.07, 6.45) is 1.75. The first-order valence-corrected chi connectivity index (χ1v) is 4.73. The van der Waals surface area contributed by atoms with E-state index >= 15 is 0 Å². The summed E-state index contributed by atoms with van der Waals surface area (Å²) in [7, 11) is 0. The quantitative estimate of drug-likeness (QED) is 0.751. The molecule has 66 valence electrons. The van der Waals surface area contributed by atoms with Crippen LogP contribution in [0.15, 0.2) is 24.4 Å². The molecule has 2 heterocycles. The molecular formula is C9H9N3S. The zero-order valence-corrected chi connectivity index (χ0v) is 8.01. The summed E-state index contributed by atoms with van der Waals surface area (Å²) in [5.41, 5.74) is 6.53. The van der Waals surface area contributed by atoms with Gasteiger partial charge >= 0.3 is 0 Å². The molecule has 0 fully saturated rings. The van der Waals surface area contributed by atoms with Crippen molar-refractivity contribution in [2.75, 3.05) is 5.73 Å². The molecule has 3 nitrogen and oxygen atoms in total. The minimum atomic E-state index is 0.602. The number of nitrogen functional groups attached to an aromatic ring is 1. The summed E-state index contributed by atoms with van der Waals surface area (Å²) in [6, 6.07) is 5.75. The highest BCUT2D eigenvalue weighted by atomic mass is 32.1. The molecule has 0 aliphatic carbocycles. The van der Waals surface area contributed by atoms with Crippen molar-refractivity contribution in [3.63, 3.8) is 0 Å². The van der Waals surface area contributed by atoms with E-state index in [4.69, 9.17) is 5.73 Å². The summed E-state index contributed by atoms with van der Waals surface area (Å²) < 4.78 is 0. The van der Waals surface area contributed by atoms with Crippen LogP contribution in [0.25, 0.3) is 10.7 Å². The van der Waals surface area contributed by atoms with Crippen LogP contribution in [0.2, 0.25) is 0 Å². The molecule has 4 heteroatoms. The number of aryl methyl sites for hydroxylation is 1. The molecule has 2 rings (SSSR count). The predicted molar refractivity (Wildman–Crippen MR) is 54.5 cm³/mol. The van der Waals surface area contributed by atoms with Crippen LogP contribution >= 0.6 is 11.3 Å². The molecule has 0 bridgehead atoms. The molecule has 0 spiro atoms. The van der Waals surface area contributed by atoms with Crippen molar-refractivity contribution in [3.8, 4) is 10.7 Å². The van der Waals surface area contributed by atoms with Crippen LogP contribution in [0.3, 0.4) is 0 Å². The van der Waals surface area contributed by atoms with Crippen molar-refractivity contribution in [2.24, 2.45) is 0 Å². The smallest absolute Gasteiger partial charge is 0.144 e. The van der Waals surface area contributed by atoms with E-state index in [9.17, 15) is 0 Å². The second kappa shape index (κ2) is 3.14. The summed E-state index contributed by atoms with van der Waals surface area (Å²) in [6.45, 7) is 1.96. The number of aromatic nitrogens is 2. The minimum Gasteiger partial charge on any atom is -0.383 e. The number of anilines is 1. The molecular weight excluding hydrogens is 182 g/mol. The highest BCUT2D eigenvalue weighted by Crippen LogP contribution is 2.26. The van der Waals surface area contributed by atoms with Crippen molar-refractivity contribution in [1.82, 2.24) is 9.97 Å². The van der Waals surface area contributed by atoms with Crippen molar-refractivity contribution < 1.29 is 0 Å². The number of nitrogens with two attached hydrogens (primary N) is 1. The largest absolute Gasteiger partial charge is 0.383 e. The SMILES string of the molecule is Cc1sc(-c2ccccn2)nc1N. The third-order valence-corrected chi connectivity index (χ3v) is 2.73. The average Bonchev–Trinajstić information content (AvgIpc) is 2.49. The van der Waals surface area contributed by atoms with Gasteiger partial charge in [0.2, 0.25) is 0 Å². The van der Waals surface area contributed by atoms with Gasteiger partial charge in [0.25, 0.3) is 0 Å². The van der Waals surface area contributed by atoms with E-state index in [-0.39, 0.29) is 0 Å². The number of hydrogen-bond donors (Lipinski definition) is 1. The van der Waals surface area contributed by atoms with Gasteiger partial charge in [0.05, 0.1) is 5.69 Å². The van der Waals surface area contributed by atoms with Crippen molar-refractivity contribution in [3.05, 3.63) is 29.3 Å². The summed E-state index contributed by atoms with van der Waals surface area (Å²) in [5, 5.41) is 0.885. The van der Waals surface area contributed by atoms with Gasteiger partial charge in [-0.15, -0.1) is 11.3 Å². The number of thiazole rings is 1. The van der Waals surface area contributed by atoms with E-state index in [0.29, 0.717) is 5.82 Å². The number of rotatable bonds is 1. The Hall–Kier alpha value is -1.42. The lowest BCUT2D eigenvalue weighted by molar-refractivity contribution is 1.29. The Morgan fingerprint density at radius 1 is 1.38 bits per heavy atom. The molecule has 0 aromatic carbocycles. The lowest BCUT2D eigenvalue weighted by Crippen LogP contribution is -1.86. The third kappa shape index (κ3) is 1.53. The second-order valence-corrected chi connectivity index (χ2v) is 3.88. The van der Waals surface area contributed by atoms with Gasteiger partial charge in [0.1, 0.15) is 10.8 Å². The van der Waals surface area contributed by atoms with Crippen molar-refractivity contribution in [1.29, 1.82) is 0 Å². The molecule has 2 aromatic heterocycles. The standard InChI is InChI=1S/C9H9N3S/c1-6-8(10)12-9(13-6)7-4-2-3-5-11-7/h2-5H,10H2,1H3. The summed E-state index contributed by atoms with van der Waals surface area (Å²) >= 11 is 1.57. The Balaban J connectivity index is 2.48. The first-order valence-electron chi connectivity index (χ1n) is 3.91. The van der Waals surface area contributed by atoms with E-state index in [2.05, 4.69) is 9.97 Å². The highest BCUT2D eigenvalue weighted by molar-refractivity contribution is 7.15. The third-order valence-electron chi connectivity index (χ3n) is 1.72. The zero-order valence-electron chi connectivity index (χ0n) is 7.19. The fourth-order valence-electron chi connectivity index (χ4n) is 1.01. The topological polar surface area (TPSA) is 51.8 Å². The Morgan fingerprint density at radius 2 is 2.23 bits per heavy atom. The van der Waals surface area contributed by atoms with E-state index in [1.54, 1.807) is 17.5 Å². The van der Waals surface area contributed by atoms with Gasteiger partial charge in [-0.2, -0.15) is 0 Å². The van der Waals surface area contributed by atoms with Crippen LogP contribution in [0, 0.1) is 6.92 Å². The van der Waals surface area contributed by atoms with Crippen LogP contribution < -0.4 is 5.73 Å². The van der Waals surface area contributed by atoms with Gasteiger partial charge in [-0.25, -0.2) is 4.98 Å². The Kier molecular flexibility index (Phi) is 1.98. The molecule has 0 unspecified atom stereocenters. The molecule has 2 N–H and O–H groups in total. The number of pyridine rings is 1. The highest BCUT2D eigenvalue weighted by Gasteiger charge is 2.06. The summed E-state index contributed by atoms with van der Waals surface area (Å²) in [4.78, 5) is 9.45. The van der Waals surface area contributed by atoms with Gasteiger partial charge in [-0.1, -0.05) is 6.07 Å². The molecule has 0 aliphatic rings. The monoisotopic (exact) mass is 191 g/mol. The van der Waals surface area contributed by atoms with Crippen LogP contribution in [0.1, 0.15) is 4.88 Å². The molecule has 13 heavy (non-hydrogen) atoms. The van der Waals surface area contributed by atoms with Crippen LogP contribution in [0.5, 0.6) is 0 Å². The first-order chi connectivity index (χ1) is 6.27. The lowest BCUT2D eigenvalue weighted by Gasteiger charge is -1.91. The molecule has 0 amide bonds. The maximum Gasteiger partial charge on any atom is 0.144 e. The minimum absolute atomic E-state index is 0.602. The van der Waals surface area contributed by atoms with Crippen molar-refractivity contribution in [2.45, 2.75) is 6.92 Å². The van der Waals surface area contributed by atoms with E-state index in [1.807, 2.05) is 25.1 Å². The maximum atomic E-state index is 5.65. The van der Waals surface area contributed by atoms with E-state index < -0.39 is 0 Å². The van der Waals surface area contributed by atoms with Gasteiger partial charge in [-0.05, 0) is 19.1 Å². The van der Waals surface area contributed by atoms with E-state index in [1.165, 1.54) is 0 Å². The maximum absolute atomic E-state index is 5.65. The average molecular weight is 191 g/mol. The molecule has 0 atom stereocenters. The van der Waals surface area contributed by atoms with E-state index in [0.717, 1.165) is 15.6 Å². The van der Waals surface area contributed by atoms with Gasteiger partial charge in [0, 0.05) is 11.1 Å². The molecule has 0 aliphatic heterocycles. The van der Waals surface area contributed by atoms with Gasteiger partial charge in [0.15, 0.2) is 0 Å². The van der Waals surface area contributed by atoms with Gasteiger partial charge < -0.3 is 5.73 Å². The lowest BCUT2D eigenvalue weighted by atomic mass is 10.4. The van der Waals surface area contributed by atoms with Gasteiger partial charge in [-0.3, -0.25) is 4.98 Å². The number of hydrogen-bond acceptors (Lipinski definition) is 4. The van der Waals surface area contributed by atoms with Crippen molar-refractivity contribution >= 4 is 17.2 Å². The first kappa shape index (κ1) is 8.19. The molecule has 0 saturated carbocycles. The summed E-state index contributed by atoms with van der Waals surface area (Å²) in [5.74, 6) is 0.602. The zero-order chi connectivity index (χ0) is 9.26. The predicted octanol–water partition coefficient (Wildman–Crippen LogP) is 2.10. The Morgan fingerprint density at radius 3 is 2.77 bits per heavy atom. The second-order valence-electron chi connectivity index (χ2n) is 2.68. The molecule has 0 saturated heterocycles. The fraction of sp³-hybridized carbons (Fsp3) is 0.111. The van der Waals surface area contributed by atoms with Crippen LogP contribution in [0.4, 0.5) is 5.82 Å². The Bertz CT molecular complexity index is 389. The van der Waals surface area contributed by atoms with Crippen LogP contribution in [-0.4, -0.2) is 9.97 Å². The molecule has 0 radical (unpaired) electrons. The normalized spacial score (nSPS) is 10.2. The fourth-order valence-corrected chi connectivity index (χ4v) is 1.82.